The van der Waals surface area contributed by atoms with Crippen molar-refractivity contribution in [3.8, 4) is 5.75 Å². The lowest BCUT2D eigenvalue weighted by Gasteiger charge is -2.09. The molecular formula is C15H17NO2. The molecule has 0 spiro atoms. The Hall–Kier alpha value is -1.77. The fourth-order valence-corrected chi connectivity index (χ4v) is 2.21. The highest BCUT2D eigenvalue weighted by molar-refractivity contribution is 6.09. The highest BCUT2D eigenvalue weighted by Crippen LogP contribution is 2.35. The van der Waals surface area contributed by atoms with Crippen molar-refractivity contribution in [1.82, 2.24) is 4.98 Å². The van der Waals surface area contributed by atoms with Crippen LogP contribution < -0.4 is 4.74 Å². The fourth-order valence-electron chi connectivity index (χ4n) is 2.21. The predicted octanol–water partition coefficient (Wildman–Crippen LogP) is 3.55. The SMILES string of the molecule is CC(C)Oc1ccc2[nH]cc(C(=O)C3CC3)c2c1. The van der Waals surface area contributed by atoms with Crippen LogP contribution in [0.5, 0.6) is 5.75 Å². The van der Waals surface area contributed by atoms with Crippen LogP contribution in [0.2, 0.25) is 0 Å². The van der Waals surface area contributed by atoms with Gasteiger partial charge in [0.15, 0.2) is 5.78 Å². The van der Waals surface area contributed by atoms with Gasteiger partial charge in [0.05, 0.1) is 6.10 Å². The van der Waals surface area contributed by atoms with Crippen LogP contribution in [0, 0.1) is 5.92 Å². The van der Waals surface area contributed by atoms with Crippen LogP contribution in [0.15, 0.2) is 24.4 Å². The van der Waals surface area contributed by atoms with E-state index in [0.717, 1.165) is 35.1 Å². The summed E-state index contributed by atoms with van der Waals surface area (Å²) in [6.07, 6.45) is 4.04. The van der Waals surface area contributed by atoms with Gasteiger partial charge < -0.3 is 9.72 Å². The Morgan fingerprint density at radius 3 is 2.83 bits per heavy atom. The molecule has 0 unspecified atom stereocenters. The zero-order valence-corrected chi connectivity index (χ0v) is 10.7. The number of ether oxygens (including phenoxy) is 1. The van der Waals surface area contributed by atoms with Crippen LogP contribution >= 0.6 is 0 Å². The molecule has 0 radical (unpaired) electrons. The third-order valence-electron chi connectivity index (χ3n) is 3.24. The molecule has 0 aliphatic heterocycles. The van der Waals surface area contributed by atoms with Crippen molar-refractivity contribution < 1.29 is 9.53 Å². The minimum atomic E-state index is 0.143. The zero-order valence-electron chi connectivity index (χ0n) is 10.7. The molecule has 1 aliphatic rings. The topological polar surface area (TPSA) is 42.1 Å². The lowest BCUT2D eigenvalue weighted by Crippen LogP contribution is -2.05. The molecule has 0 saturated heterocycles. The van der Waals surface area contributed by atoms with E-state index >= 15 is 0 Å². The summed E-state index contributed by atoms with van der Waals surface area (Å²) >= 11 is 0. The van der Waals surface area contributed by atoms with E-state index in [1.54, 1.807) is 0 Å². The first-order valence-corrected chi connectivity index (χ1v) is 6.47. The molecule has 0 amide bonds. The monoisotopic (exact) mass is 243 g/mol. The molecule has 1 aromatic heterocycles. The van der Waals surface area contributed by atoms with Crippen molar-refractivity contribution in [1.29, 1.82) is 0 Å². The Labute approximate surface area is 106 Å². The van der Waals surface area contributed by atoms with Crippen LogP contribution in [-0.4, -0.2) is 16.9 Å². The molecule has 1 saturated carbocycles. The molecule has 1 heterocycles. The van der Waals surface area contributed by atoms with Crippen LogP contribution in [0.25, 0.3) is 10.9 Å². The van der Waals surface area contributed by atoms with Gasteiger partial charge >= 0.3 is 0 Å². The van der Waals surface area contributed by atoms with Crippen LogP contribution in [0.1, 0.15) is 37.0 Å². The van der Waals surface area contributed by atoms with E-state index in [2.05, 4.69) is 4.98 Å². The molecule has 1 N–H and O–H groups in total. The summed E-state index contributed by atoms with van der Waals surface area (Å²) in [5.74, 6) is 1.34. The molecule has 3 rings (SSSR count). The molecule has 1 aromatic carbocycles. The van der Waals surface area contributed by atoms with Gasteiger partial charge in [0.1, 0.15) is 5.75 Å². The Morgan fingerprint density at radius 2 is 2.17 bits per heavy atom. The standard InChI is InChI=1S/C15H17NO2/c1-9(2)18-11-5-6-14-12(7-11)13(8-16-14)15(17)10-3-4-10/h5-10,16H,3-4H2,1-2H3. The Morgan fingerprint density at radius 1 is 1.39 bits per heavy atom. The first-order chi connectivity index (χ1) is 8.65. The lowest BCUT2D eigenvalue weighted by atomic mass is 10.1. The van der Waals surface area contributed by atoms with E-state index in [1.807, 2.05) is 38.2 Å². The van der Waals surface area contributed by atoms with E-state index < -0.39 is 0 Å². The largest absolute Gasteiger partial charge is 0.491 e. The minimum Gasteiger partial charge on any atom is -0.491 e. The van der Waals surface area contributed by atoms with E-state index in [4.69, 9.17) is 4.74 Å². The van der Waals surface area contributed by atoms with E-state index in [1.165, 1.54) is 0 Å². The van der Waals surface area contributed by atoms with Gasteiger partial charge in [-0.25, -0.2) is 0 Å². The number of rotatable bonds is 4. The van der Waals surface area contributed by atoms with E-state index in [0.29, 0.717) is 0 Å². The number of H-pyrrole nitrogens is 1. The molecule has 0 bridgehead atoms. The molecule has 0 atom stereocenters. The number of fused-ring (bicyclic) bond motifs is 1. The number of aromatic nitrogens is 1. The molecule has 2 aromatic rings. The number of ketones is 1. The van der Waals surface area contributed by atoms with Crippen LogP contribution in [0.3, 0.4) is 0 Å². The maximum absolute atomic E-state index is 12.2. The zero-order chi connectivity index (χ0) is 12.7. The van der Waals surface area contributed by atoms with Gasteiger partial charge in [0.2, 0.25) is 0 Å². The van der Waals surface area contributed by atoms with Crippen molar-refractivity contribution >= 4 is 16.7 Å². The molecule has 1 fully saturated rings. The first kappa shape index (κ1) is 11.3. The number of nitrogens with one attached hydrogen (secondary N) is 1. The second kappa shape index (κ2) is 4.16. The second-order valence-corrected chi connectivity index (χ2v) is 5.21. The normalized spacial score (nSPS) is 15.3. The van der Waals surface area contributed by atoms with Crippen LogP contribution in [-0.2, 0) is 0 Å². The van der Waals surface area contributed by atoms with Crippen molar-refractivity contribution in [2.75, 3.05) is 0 Å². The second-order valence-electron chi connectivity index (χ2n) is 5.21. The third-order valence-corrected chi connectivity index (χ3v) is 3.24. The number of Topliss-reactive ketones (excluding diaryl/α,β-unsaturated/α-hetero) is 1. The number of hydrogen-bond acceptors (Lipinski definition) is 2. The van der Waals surface area contributed by atoms with Gasteiger partial charge in [0, 0.05) is 28.6 Å². The summed E-state index contributed by atoms with van der Waals surface area (Å²) < 4.78 is 5.68. The smallest absolute Gasteiger partial charge is 0.168 e. The van der Waals surface area contributed by atoms with Crippen LogP contribution in [0.4, 0.5) is 0 Å². The number of hydrogen-bond donors (Lipinski definition) is 1. The van der Waals surface area contributed by atoms with Crippen molar-refractivity contribution in [2.45, 2.75) is 32.8 Å². The average molecular weight is 243 g/mol. The molecule has 94 valence electrons. The molecule has 3 nitrogen and oxygen atoms in total. The van der Waals surface area contributed by atoms with Gasteiger partial charge in [0.25, 0.3) is 0 Å². The fraction of sp³-hybridized carbons (Fsp3) is 0.400. The van der Waals surface area contributed by atoms with E-state index in [9.17, 15) is 4.79 Å². The highest BCUT2D eigenvalue weighted by Gasteiger charge is 2.31. The number of aromatic amines is 1. The quantitative estimate of drug-likeness (QED) is 0.834. The van der Waals surface area contributed by atoms with E-state index in [-0.39, 0.29) is 17.8 Å². The Bertz CT molecular complexity index is 594. The van der Waals surface area contributed by atoms with Gasteiger partial charge in [-0.1, -0.05) is 0 Å². The van der Waals surface area contributed by atoms with Gasteiger partial charge in [-0.05, 0) is 44.9 Å². The number of benzene rings is 1. The molecule has 3 heteroatoms. The first-order valence-electron chi connectivity index (χ1n) is 6.47. The summed E-state index contributed by atoms with van der Waals surface area (Å²) in [5, 5.41) is 0.977. The minimum absolute atomic E-state index is 0.143. The molecule has 1 aliphatic carbocycles. The third kappa shape index (κ3) is 2.01. The molecule has 18 heavy (non-hydrogen) atoms. The summed E-state index contributed by atoms with van der Waals surface area (Å²) in [7, 11) is 0. The maximum Gasteiger partial charge on any atom is 0.168 e. The summed E-state index contributed by atoms with van der Waals surface area (Å²) in [6.45, 7) is 4.00. The average Bonchev–Trinajstić information content (AvgIpc) is 3.08. The van der Waals surface area contributed by atoms with Crippen molar-refractivity contribution in [3.05, 3.63) is 30.0 Å². The summed E-state index contributed by atoms with van der Waals surface area (Å²) in [4.78, 5) is 15.3. The Balaban J connectivity index is 2.01. The van der Waals surface area contributed by atoms with Crippen molar-refractivity contribution in [3.63, 3.8) is 0 Å². The lowest BCUT2D eigenvalue weighted by molar-refractivity contribution is 0.0969. The molecular weight excluding hydrogens is 226 g/mol. The predicted molar refractivity (Wildman–Crippen MR) is 71.1 cm³/mol. The number of carbonyl (C=O) groups is 1. The summed E-state index contributed by atoms with van der Waals surface area (Å²) in [6, 6.07) is 5.86. The number of carbonyl (C=O) groups excluding carboxylic acids is 1. The Kier molecular flexibility index (Phi) is 2.62. The van der Waals surface area contributed by atoms with Gasteiger partial charge in [-0.15, -0.1) is 0 Å². The maximum atomic E-state index is 12.2. The highest BCUT2D eigenvalue weighted by atomic mass is 16.5. The van der Waals surface area contributed by atoms with Crippen molar-refractivity contribution in [2.24, 2.45) is 5.92 Å². The summed E-state index contributed by atoms with van der Waals surface area (Å²) in [5.41, 5.74) is 1.80. The van der Waals surface area contributed by atoms with Gasteiger partial charge in [-0.2, -0.15) is 0 Å². The van der Waals surface area contributed by atoms with Gasteiger partial charge in [-0.3, -0.25) is 4.79 Å².